The quantitative estimate of drug-likeness (QED) is 0.897. The van der Waals surface area contributed by atoms with Crippen molar-refractivity contribution in [1.29, 1.82) is 0 Å². The van der Waals surface area contributed by atoms with Gasteiger partial charge in [-0.3, -0.25) is 4.79 Å². The third-order valence-electron chi connectivity index (χ3n) is 4.89. The number of nitrogens with two attached hydrogens (primary N) is 1. The first-order valence-corrected chi connectivity index (χ1v) is 7.73. The summed E-state index contributed by atoms with van der Waals surface area (Å²) >= 11 is 0. The van der Waals surface area contributed by atoms with Crippen LogP contribution in [0, 0.1) is 5.41 Å². The maximum Gasteiger partial charge on any atom is 0.254 e. The third kappa shape index (κ3) is 2.88. The lowest BCUT2D eigenvalue weighted by atomic mass is 9.82. The fourth-order valence-corrected chi connectivity index (χ4v) is 3.21. The van der Waals surface area contributed by atoms with Crippen LogP contribution in [0.1, 0.15) is 49.0 Å². The van der Waals surface area contributed by atoms with Gasteiger partial charge >= 0.3 is 0 Å². The van der Waals surface area contributed by atoms with Gasteiger partial charge in [-0.2, -0.15) is 0 Å². The molecular formula is C17H26N2O. The van der Waals surface area contributed by atoms with Crippen molar-refractivity contribution in [1.82, 2.24) is 4.90 Å². The van der Waals surface area contributed by atoms with Crippen LogP contribution in [-0.2, 0) is 6.42 Å². The van der Waals surface area contributed by atoms with Crippen LogP contribution in [-0.4, -0.2) is 30.4 Å². The summed E-state index contributed by atoms with van der Waals surface area (Å²) < 4.78 is 0. The lowest BCUT2D eigenvalue weighted by molar-refractivity contribution is 0.0769. The fraction of sp³-hybridized carbons (Fsp3) is 0.588. The normalized spacial score (nSPS) is 17.4. The highest BCUT2D eigenvalue weighted by Crippen LogP contribution is 2.37. The van der Waals surface area contributed by atoms with Gasteiger partial charge in [0, 0.05) is 18.7 Å². The second-order valence-corrected chi connectivity index (χ2v) is 5.88. The average molecular weight is 274 g/mol. The summed E-state index contributed by atoms with van der Waals surface area (Å²) in [6.07, 6.45) is 4.20. The van der Waals surface area contributed by atoms with Gasteiger partial charge in [0.25, 0.3) is 5.91 Å². The first kappa shape index (κ1) is 15.0. The van der Waals surface area contributed by atoms with Crippen LogP contribution < -0.4 is 5.73 Å². The summed E-state index contributed by atoms with van der Waals surface area (Å²) in [4.78, 5) is 14.8. The van der Waals surface area contributed by atoms with Gasteiger partial charge in [0.15, 0.2) is 0 Å². The molecule has 0 bridgehead atoms. The first-order valence-electron chi connectivity index (χ1n) is 7.73. The Balaban J connectivity index is 2.17. The minimum Gasteiger partial charge on any atom is -0.338 e. The number of likely N-dealkylation sites (tertiary alicyclic amines) is 1. The Labute approximate surface area is 122 Å². The summed E-state index contributed by atoms with van der Waals surface area (Å²) in [7, 11) is 0. The molecule has 1 fully saturated rings. The van der Waals surface area contributed by atoms with Gasteiger partial charge in [-0.15, -0.1) is 0 Å². The number of carbonyl (C=O) groups excluding carboxylic acids is 1. The van der Waals surface area contributed by atoms with Gasteiger partial charge in [0.1, 0.15) is 0 Å². The number of nitrogens with zero attached hydrogens (tertiary/aromatic N) is 1. The maximum atomic E-state index is 12.7. The maximum absolute atomic E-state index is 12.7. The van der Waals surface area contributed by atoms with Crippen LogP contribution in [0.4, 0.5) is 0 Å². The number of carbonyl (C=O) groups is 1. The molecule has 1 aromatic carbocycles. The second-order valence-electron chi connectivity index (χ2n) is 5.88. The summed E-state index contributed by atoms with van der Waals surface area (Å²) in [5, 5.41) is 0. The van der Waals surface area contributed by atoms with Gasteiger partial charge in [0.05, 0.1) is 0 Å². The molecule has 1 saturated heterocycles. The molecule has 0 atom stereocenters. The molecule has 2 N–H and O–H groups in total. The predicted octanol–water partition coefficient (Wildman–Crippen LogP) is 2.84. The summed E-state index contributed by atoms with van der Waals surface area (Å²) in [6.45, 7) is 6.84. The van der Waals surface area contributed by atoms with Crippen LogP contribution in [0.15, 0.2) is 24.3 Å². The molecule has 110 valence electrons. The Hall–Kier alpha value is -1.35. The number of benzene rings is 1. The molecule has 3 nitrogen and oxygen atoms in total. The van der Waals surface area contributed by atoms with Crippen LogP contribution in [0.25, 0.3) is 0 Å². The van der Waals surface area contributed by atoms with Crippen LogP contribution in [0.3, 0.4) is 0 Å². The van der Waals surface area contributed by atoms with E-state index in [-0.39, 0.29) is 5.91 Å². The highest BCUT2D eigenvalue weighted by Gasteiger charge is 2.37. The lowest BCUT2D eigenvalue weighted by Crippen LogP contribution is -2.32. The van der Waals surface area contributed by atoms with E-state index in [1.165, 1.54) is 0 Å². The average Bonchev–Trinajstić information content (AvgIpc) is 2.93. The van der Waals surface area contributed by atoms with E-state index in [1.54, 1.807) is 0 Å². The second kappa shape index (κ2) is 6.40. The van der Waals surface area contributed by atoms with Crippen molar-refractivity contribution in [3.05, 3.63) is 35.4 Å². The van der Waals surface area contributed by atoms with E-state index in [4.69, 9.17) is 5.73 Å². The zero-order chi connectivity index (χ0) is 14.6. The molecule has 0 radical (unpaired) electrons. The van der Waals surface area contributed by atoms with Crippen molar-refractivity contribution in [2.24, 2.45) is 11.1 Å². The monoisotopic (exact) mass is 274 g/mol. The molecule has 3 heteroatoms. The van der Waals surface area contributed by atoms with Crippen molar-refractivity contribution in [3.63, 3.8) is 0 Å². The van der Waals surface area contributed by atoms with Gasteiger partial charge in [-0.05, 0) is 49.3 Å². The number of amides is 1. The molecule has 1 aliphatic rings. The number of rotatable bonds is 5. The third-order valence-corrected chi connectivity index (χ3v) is 4.89. The first-order chi connectivity index (χ1) is 9.65. The molecule has 0 unspecified atom stereocenters. The summed E-state index contributed by atoms with van der Waals surface area (Å²) in [6, 6.07) is 7.87. The van der Waals surface area contributed by atoms with E-state index in [9.17, 15) is 4.79 Å². The zero-order valence-electron chi connectivity index (χ0n) is 12.7. The van der Waals surface area contributed by atoms with Crippen LogP contribution in [0.2, 0.25) is 0 Å². The van der Waals surface area contributed by atoms with Gasteiger partial charge in [-0.1, -0.05) is 32.0 Å². The van der Waals surface area contributed by atoms with Crippen molar-refractivity contribution >= 4 is 5.91 Å². The number of hydrogen-bond donors (Lipinski definition) is 1. The minimum atomic E-state index is 0.179. The molecular weight excluding hydrogens is 248 g/mol. The highest BCUT2D eigenvalue weighted by molar-refractivity contribution is 5.96. The van der Waals surface area contributed by atoms with Gasteiger partial charge < -0.3 is 10.6 Å². The van der Waals surface area contributed by atoms with Crippen LogP contribution >= 0.6 is 0 Å². The Morgan fingerprint density at radius 1 is 1.30 bits per heavy atom. The topological polar surface area (TPSA) is 46.3 Å². The lowest BCUT2D eigenvalue weighted by Gasteiger charge is -2.26. The van der Waals surface area contributed by atoms with E-state index in [1.807, 2.05) is 29.2 Å². The molecule has 2 rings (SSSR count). The molecule has 0 saturated carbocycles. The van der Waals surface area contributed by atoms with Crippen molar-refractivity contribution in [2.75, 3.05) is 19.6 Å². The molecule has 20 heavy (non-hydrogen) atoms. The van der Waals surface area contributed by atoms with Crippen LogP contribution in [0.5, 0.6) is 0 Å². The van der Waals surface area contributed by atoms with E-state index < -0.39 is 0 Å². The Morgan fingerprint density at radius 2 is 2.00 bits per heavy atom. The largest absolute Gasteiger partial charge is 0.338 e. The van der Waals surface area contributed by atoms with E-state index >= 15 is 0 Å². The summed E-state index contributed by atoms with van der Waals surface area (Å²) in [5.41, 5.74) is 7.88. The van der Waals surface area contributed by atoms with Gasteiger partial charge in [-0.25, -0.2) is 0 Å². The molecule has 1 heterocycles. The summed E-state index contributed by atoms with van der Waals surface area (Å²) in [5.74, 6) is 0.179. The van der Waals surface area contributed by atoms with E-state index in [0.717, 1.165) is 49.9 Å². The predicted molar refractivity (Wildman–Crippen MR) is 82.7 cm³/mol. The van der Waals surface area contributed by atoms with Crippen molar-refractivity contribution < 1.29 is 4.79 Å². The van der Waals surface area contributed by atoms with E-state index in [2.05, 4.69) is 13.8 Å². The minimum absolute atomic E-state index is 0.179. The van der Waals surface area contributed by atoms with Crippen molar-refractivity contribution in [3.8, 4) is 0 Å². The Morgan fingerprint density at radius 3 is 2.60 bits per heavy atom. The molecule has 1 aliphatic heterocycles. The Bertz CT molecular complexity index is 466. The zero-order valence-corrected chi connectivity index (χ0v) is 12.7. The smallest absolute Gasteiger partial charge is 0.254 e. The van der Waals surface area contributed by atoms with Crippen molar-refractivity contribution in [2.45, 2.75) is 39.5 Å². The van der Waals surface area contributed by atoms with Gasteiger partial charge in [0.2, 0.25) is 0 Å². The standard InChI is InChI=1S/C17H26N2O/c1-3-17(4-2)10-12-19(13-17)16(20)15-8-6-5-7-14(15)9-11-18/h5-8H,3-4,9-13,18H2,1-2H3. The SMILES string of the molecule is CCC1(CC)CCN(C(=O)c2ccccc2CCN)C1. The molecule has 1 amide bonds. The molecule has 1 aromatic rings. The number of hydrogen-bond acceptors (Lipinski definition) is 2. The molecule has 0 aromatic heterocycles. The Kier molecular flexibility index (Phi) is 4.81. The fourth-order valence-electron chi connectivity index (χ4n) is 3.21. The molecule has 0 spiro atoms. The highest BCUT2D eigenvalue weighted by atomic mass is 16.2. The molecule has 0 aliphatic carbocycles. The van der Waals surface area contributed by atoms with E-state index in [0.29, 0.717) is 12.0 Å².